The lowest BCUT2D eigenvalue weighted by Gasteiger charge is -2.38. The molecule has 10 heteroatoms. The average molecular weight is 558 g/mol. The van der Waals surface area contributed by atoms with Gasteiger partial charge in [-0.1, -0.05) is 44.4 Å². The van der Waals surface area contributed by atoms with E-state index in [1.54, 1.807) is 60.4 Å². The molecule has 3 atom stereocenters. The highest BCUT2D eigenvalue weighted by atomic mass is 32.2. The summed E-state index contributed by atoms with van der Waals surface area (Å²) in [5.74, 6) is -0.321. The normalized spacial score (nSPS) is 21.5. The van der Waals surface area contributed by atoms with Crippen molar-refractivity contribution in [2.45, 2.75) is 63.0 Å². The number of aliphatic hydroxyl groups excluding tert-OH is 1. The highest BCUT2D eigenvalue weighted by Crippen LogP contribution is 2.32. The molecule has 1 heterocycles. The van der Waals surface area contributed by atoms with E-state index >= 15 is 0 Å². The molecule has 1 saturated carbocycles. The van der Waals surface area contributed by atoms with Crippen molar-refractivity contribution >= 4 is 27.5 Å². The number of carbonyl (C=O) groups is 2. The lowest BCUT2D eigenvalue weighted by molar-refractivity contribution is -0.120. The first-order valence-electron chi connectivity index (χ1n) is 13.7. The van der Waals surface area contributed by atoms with Crippen molar-refractivity contribution in [2.75, 3.05) is 32.1 Å². The van der Waals surface area contributed by atoms with Crippen LogP contribution in [0.4, 0.5) is 5.69 Å². The van der Waals surface area contributed by atoms with Gasteiger partial charge in [0.2, 0.25) is 15.9 Å². The fraction of sp³-hybridized carbons (Fsp3) is 0.517. The summed E-state index contributed by atoms with van der Waals surface area (Å²) < 4.78 is 34.0. The van der Waals surface area contributed by atoms with Gasteiger partial charge in [-0.15, -0.1) is 0 Å². The first kappa shape index (κ1) is 29.0. The standard InChI is InChI=1S/C29H39N3O6S/c1-20-17-32(21(2)19-33)29(35)25-16-23(30-28(34)22-10-6-4-7-11-22)14-15-26(25)38-27(20)18-31(3)39(36,37)24-12-8-5-9-13-24/h5,8-9,12-16,20-22,27,33H,4,6-7,10-11,17-19H2,1-3H3,(H,30,34)/t20-,21-,27+/m0/s1. The predicted molar refractivity (Wildman–Crippen MR) is 149 cm³/mol. The molecule has 0 saturated heterocycles. The van der Waals surface area contributed by atoms with Crippen molar-refractivity contribution in [3.8, 4) is 5.75 Å². The van der Waals surface area contributed by atoms with Crippen LogP contribution in [0.15, 0.2) is 53.4 Å². The third-order valence-electron chi connectivity index (χ3n) is 7.80. The highest BCUT2D eigenvalue weighted by molar-refractivity contribution is 7.89. The smallest absolute Gasteiger partial charge is 0.258 e. The van der Waals surface area contributed by atoms with E-state index in [1.807, 2.05) is 6.92 Å². The van der Waals surface area contributed by atoms with Gasteiger partial charge < -0.3 is 20.1 Å². The molecule has 2 aromatic carbocycles. The van der Waals surface area contributed by atoms with Gasteiger partial charge in [-0.2, -0.15) is 4.31 Å². The molecule has 1 aliphatic carbocycles. The van der Waals surface area contributed by atoms with Crippen molar-refractivity contribution in [1.29, 1.82) is 0 Å². The van der Waals surface area contributed by atoms with Crippen molar-refractivity contribution in [3.05, 3.63) is 54.1 Å². The van der Waals surface area contributed by atoms with Gasteiger partial charge in [0.25, 0.3) is 5.91 Å². The minimum absolute atomic E-state index is 0.0362. The molecule has 39 heavy (non-hydrogen) atoms. The second-order valence-electron chi connectivity index (χ2n) is 10.8. The number of amides is 2. The molecule has 2 aromatic rings. The van der Waals surface area contributed by atoms with E-state index in [-0.39, 0.29) is 53.8 Å². The van der Waals surface area contributed by atoms with Crippen LogP contribution in [-0.4, -0.2) is 73.4 Å². The van der Waals surface area contributed by atoms with Crippen LogP contribution in [0.3, 0.4) is 0 Å². The lowest BCUT2D eigenvalue weighted by Crippen LogP contribution is -2.50. The molecule has 2 N–H and O–H groups in total. The van der Waals surface area contributed by atoms with Crippen molar-refractivity contribution in [1.82, 2.24) is 9.21 Å². The first-order chi connectivity index (χ1) is 18.6. The van der Waals surface area contributed by atoms with Crippen LogP contribution in [0.2, 0.25) is 0 Å². The summed E-state index contributed by atoms with van der Waals surface area (Å²) in [6.07, 6.45) is 4.37. The van der Waals surface area contributed by atoms with Gasteiger partial charge in [-0.3, -0.25) is 9.59 Å². The van der Waals surface area contributed by atoms with E-state index in [1.165, 1.54) is 11.4 Å². The summed E-state index contributed by atoms with van der Waals surface area (Å²) in [6.45, 7) is 3.78. The van der Waals surface area contributed by atoms with Gasteiger partial charge in [-0.05, 0) is 50.1 Å². The monoisotopic (exact) mass is 557 g/mol. The Morgan fingerprint density at radius 3 is 2.51 bits per heavy atom. The molecule has 1 fully saturated rings. The first-order valence-corrected chi connectivity index (χ1v) is 15.1. The van der Waals surface area contributed by atoms with Gasteiger partial charge in [0.05, 0.1) is 29.7 Å². The van der Waals surface area contributed by atoms with Gasteiger partial charge in [-0.25, -0.2) is 8.42 Å². The molecule has 212 valence electrons. The molecule has 0 bridgehead atoms. The lowest BCUT2D eigenvalue weighted by atomic mass is 9.88. The fourth-order valence-corrected chi connectivity index (χ4v) is 6.46. The highest BCUT2D eigenvalue weighted by Gasteiger charge is 2.35. The quantitative estimate of drug-likeness (QED) is 0.511. The maximum absolute atomic E-state index is 13.7. The zero-order chi connectivity index (χ0) is 28.2. The molecular formula is C29H39N3O6S. The summed E-state index contributed by atoms with van der Waals surface area (Å²) in [4.78, 5) is 28.3. The van der Waals surface area contributed by atoms with Crippen LogP contribution in [0.25, 0.3) is 0 Å². The van der Waals surface area contributed by atoms with Gasteiger partial charge in [0, 0.05) is 31.1 Å². The zero-order valence-corrected chi connectivity index (χ0v) is 23.7. The molecular weight excluding hydrogens is 518 g/mol. The Morgan fingerprint density at radius 1 is 1.15 bits per heavy atom. The van der Waals surface area contributed by atoms with Crippen molar-refractivity contribution < 1.29 is 27.9 Å². The van der Waals surface area contributed by atoms with E-state index in [4.69, 9.17) is 4.74 Å². The minimum atomic E-state index is -3.75. The molecule has 0 spiro atoms. The fourth-order valence-electron chi connectivity index (χ4n) is 5.25. The number of benzene rings is 2. The zero-order valence-electron chi connectivity index (χ0n) is 22.9. The van der Waals surface area contributed by atoms with Gasteiger partial charge in [0.15, 0.2) is 0 Å². The Balaban J connectivity index is 1.62. The van der Waals surface area contributed by atoms with E-state index < -0.39 is 22.2 Å². The number of nitrogens with one attached hydrogen (secondary N) is 1. The largest absolute Gasteiger partial charge is 0.488 e. The Bertz CT molecular complexity index is 1260. The number of rotatable bonds is 8. The van der Waals surface area contributed by atoms with Crippen molar-refractivity contribution in [2.24, 2.45) is 11.8 Å². The van der Waals surface area contributed by atoms with Crippen LogP contribution in [0, 0.1) is 11.8 Å². The minimum Gasteiger partial charge on any atom is -0.488 e. The Labute approximate surface area is 231 Å². The van der Waals surface area contributed by atoms with Gasteiger partial charge in [0.1, 0.15) is 11.9 Å². The number of likely N-dealkylation sites (N-methyl/N-ethyl adjacent to an activating group) is 1. The molecule has 9 nitrogen and oxygen atoms in total. The summed E-state index contributed by atoms with van der Waals surface area (Å²) in [5, 5.41) is 12.9. The number of fused-ring (bicyclic) bond motifs is 1. The summed E-state index contributed by atoms with van der Waals surface area (Å²) in [5.41, 5.74) is 0.772. The van der Waals surface area contributed by atoms with E-state index in [0.717, 1.165) is 32.1 Å². The Morgan fingerprint density at radius 2 is 1.85 bits per heavy atom. The number of aliphatic hydroxyl groups is 1. The Kier molecular flexibility index (Phi) is 9.30. The number of hydrogen-bond donors (Lipinski definition) is 2. The maximum atomic E-state index is 13.7. The maximum Gasteiger partial charge on any atom is 0.258 e. The number of carbonyl (C=O) groups excluding carboxylic acids is 2. The third kappa shape index (κ3) is 6.62. The molecule has 2 aliphatic rings. The summed E-state index contributed by atoms with van der Waals surface area (Å²) >= 11 is 0. The predicted octanol–water partition coefficient (Wildman–Crippen LogP) is 3.75. The molecule has 0 aromatic heterocycles. The molecule has 1 aliphatic heterocycles. The van der Waals surface area contributed by atoms with Gasteiger partial charge >= 0.3 is 0 Å². The molecule has 2 amide bonds. The van der Waals surface area contributed by atoms with Crippen molar-refractivity contribution in [3.63, 3.8) is 0 Å². The number of hydrogen-bond acceptors (Lipinski definition) is 6. The second-order valence-corrected chi connectivity index (χ2v) is 12.8. The van der Waals surface area contributed by atoms with Crippen LogP contribution < -0.4 is 10.1 Å². The average Bonchev–Trinajstić information content (AvgIpc) is 2.95. The van der Waals surface area contributed by atoms with Crippen LogP contribution in [0.1, 0.15) is 56.3 Å². The van der Waals surface area contributed by atoms with E-state index in [2.05, 4.69) is 5.32 Å². The summed E-state index contributed by atoms with van der Waals surface area (Å²) in [7, 11) is -2.24. The Hall–Kier alpha value is -2.95. The number of nitrogens with zero attached hydrogens (tertiary/aromatic N) is 2. The van der Waals surface area contributed by atoms with Crippen LogP contribution >= 0.6 is 0 Å². The number of ether oxygens (including phenoxy) is 1. The van der Waals surface area contributed by atoms with E-state index in [0.29, 0.717) is 11.4 Å². The molecule has 4 rings (SSSR count). The third-order valence-corrected chi connectivity index (χ3v) is 9.63. The topological polar surface area (TPSA) is 116 Å². The number of sulfonamides is 1. The molecule has 0 radical (unpaired) electrons. The van der Waals surface area contributed by atoms with E-state index in [9.17, 15) is 23.1 Å². The SMILES string of the molecule is C[C@H]1CN([C@@H](C)CO)C(=O)c2cc(NC(=O)C3CCCCC3)ccc2O[C@@H]1CN(C)S(=O)(=O)c1ccccc1. The second kappa shape index (κ2) is 12.5. The summed E-state index contributed by atoms with van der Waals surface area (Å²) in [6, 6.07) is 12.7. The van der Waals surface area contributed by atoms with Crippen LogP contribution in [-0.2, 0) is 14.8 Å². The van der Waals surface area contributed by atoms with Crippen LogP contribution in [0.5, 0.6) is 5.75 Å². The molecule has 0 unspecified atom stereocenters. The number of anilines is 1.